The lowest BCUT2D eigenvalue weighted by Gasteiger charge is -2.07. The van der Waals surface area contributed by atoms with Crippen molar-refractivity contribution >= 4 is 17.6 Å². The van der Waals surface area contributed by atoms with Crippen LogP contribution in [-0.4, -0.2) is 26.9 Å². The third-order valence-corrected chi connectivity index (χ3v) is 4.05. The number of anilines is 1. The lowest BCUT2D eigenvalue weighted by molar-refractivity contribution is 0.0727. The van der Waals surface area contributed by atoms with Gasteiger partial charge in [-0.05, 0) is 48.5 Å². The molecule has 1 aromatic heterocycles. The molecule has 0 aliphatic rings. The number of hydrogen-bond acceptors (Lipinski definition) is 5. The molecule has 1 amide bonds. The third-order valence-electron chi connectivity index (χ3n) is 4.05. The van der Waals surface area contributed by atoms with E-state index in [1.54, 1.807) is 48.5 Å². The van der Waals surface area contributed by atoms with Gasteiger partial charge in [-0.3, -0.25) is 4.79 Å². The highest BCUT2D eigenvalue weighted by atomic mass is 16.5. The predicted octanol–water partition coefficient (Wildman–Crippen LogP) is 3.74. The Bertz CT molecular complexity index is 1120. The number of nitrogens with zero attached hydrogens (tertiary/aromatic N) is 3. The van der Waals surface area contributed by atoms with Gasteiger partial charge in [-0.2, -0.15) is 9.90 Å². The highest BCUT2D eigenvalue weighted by Crippen LogP contribution is 2.18. The molecular formula is C22H16N4O3. The minimum Gasteiger partial charge on any atom is -0.422 e. The summed E-state index contributed by atoms with van der Waals surface area (Å²) in [5, 5.41) is 11.0. The number of benzene rings is 3. The van der Waals surface area contributed by atoms with Gasteiger partial charge in [0.1, 0.15) is 5.75 Å². The second-order valence-electron chi connectivity index (χ2n) is 6.09. The monoisotopic (exact) mass is 384 g/mol. The van der Waals surface area contributed by atoms with Gasteiger partial charge in [-0.15, -0.1) is 5.10 Å². The zero-order chi connectivity index (χ0) is 20.1. The molecule has 0 aliphatic carbocycles. The fourth-order valence-electron chi connectivity index (χ4n) is 2.60. The molecule has 0 unspecified atom stereocenters. The molecule has 1 N–H and O–H groups in total. The molecule has 0 aliphatic heterocycles. The van der Waals surface area contributed by atoms with Crippen molar-refractivity contribution in [3.05, 3.63) is 102 Å². The summed E-state index contributed by atoms with van der Waals surface area (Å²) < 4.78 is 5.33. The average molecular weight is 384 g/mol. The summed E-state index contributed by atoms with van der Waals surface area (Å²) in [7, 11) is 0. The first-order valence-corrected chi connectivity index (χ1v) is 8.85. The molecule has 1 heterocycles. The zero-order valence-electron chi connectivity index (χ0n) is 15.2. The molecule has 0 fully saturated rings. The summed E-state index contributed by atoms with van der Waals surface area (Å²) >= 11 is 0. The molecule has 7 heteroatoms. The largest absolute Gasteiger partial charge is 0.422 e. The van der Waals surface area contributed by atoms with Gasteiger partial charge < -0.3 is 10.1 Å². The van der Waals surface area contributed by atoms with Crippen molar-refractivity contribution in [2.24, 2.45) is 0 Å². The van der Waals surface area contributed by atoms with E-state index in [0.29, 0.717) is 17.0 Å². The third kappa shape index (κ3) is 4.36. The van der Waals surface area contributed by atoms with Crippen LogP contribution in [0.2, 0.25) is 0 Å². The number of ether oxygens (including phenoxy) is 1. The van der Waals surface area contributed by atoms with Crippen molar-refractivity contribution in [3.8, 4) is 11.4 Å². The van der Waals surface area contributed by atoms with Gasteiger partial charge in [0.15, 0.2) is 5.69 Å². The maximum atomic E-state index is 12.3. The Hall–Kier alpha value is -4.26. The topological polar surface area (TPSA) is 86.1 Å². The smallest absolute Gasteiger partial charge is 0.365 e. The Kier molecular flexibility index (Phi) is 5.11. The number of hydrogen-bond donors (Lipinski definition) is 1. The summed E-state index contributed by atoms with van der Waals surface area (Å²) in [5.41, 5.74) is 1.98. The average Bonchev–Trinajstić information content (AvgIpc) is 3.27. The number of para-hydroxylation sites is 1. The van der Waals surface area contributed by atoms with Crippen LogP contribution in [0.3, 0.4) is 0 Å². The van der Waals surface area contributed by atoms with Gasteiger partial charge in [0.2, 0.25) is 0 Å². The molecule has 3 aromatic carbocycles. The Balaban J connectivity index is 1.39. The molecule has 4 rings (SSSR count). The number of aromatic nitrogens is 3. The molecule has 0 saturated carbocycles. The second-order valence-corrected chi connectivity index (χ2v) is 6.09. The Morgan fingerprint density at radius 1 is 0.828 bits per heavy atom. The zero-order valence-corrected chi connectivity index (χ0v) is 15.2. The summed E-state index contributed by atoms with van der Waals surface area (Å²) in [6.07, 6.45) is 1.35. The van der Waals surface area contributed by atoms with Gasteiger partial charge in [-0.1, -0.05) is 36.4 Å². The van der Waals surface area contributed by atoms with E-state index in [9.17, 15) is 9.59 Å². The highest BCUT2D eigenvalue weighted by molar-refractivity contribution is 6.04. The summed E-state index contributed by atoms with van der Waals surface area (Å²) in [4.78, 5) is 25.8. The van der Waals surface area contributed by atoms with Crippen molar-refractivity contribution in [3.63, 3.8) is 0 Å². The van der Waals surface area contributed by atoms with Crippen molar-refractivity contribution in [2.75, 3.05) is 5.32 Å². The standard InChI is InChI=1S/C22H16N4O3/c27-21(16-7-3-1-4-8-16)24-17-11-13-19(14-12-17)29-22(28)20-15-23-26(25-20)18-9-5-2-6-10-18/h1-15H,(H,24,27). The lowest BCUT2D eigenvalue weighted by atomic mass is 10.2. The number of rotatable bonds is 5. The molecule has 29 heavy (non-hydrogen) atoms. The number of nitrogens with one attached hydrogen (secondary N) is 1. The fourth-order valence-corrected chi connectivity index (χ4v) is 2.60. The van der Waals surface area contributed by atoms with E-state index in [0.717, 1.165) is 5.69 Å². The van der Waals surface area contributed by atoms with Gasteiger partial charge in [0, 0.05) is 11.3 Å². The van der Waals surface area contributed by atoms with Crippen molar-refractivity contribution in [1.29, 1.82) is 0 Å². The maximum absolute atomic E-state index is 12.3. The van der Waals surface area contributed by atoms with Crippen LogP contribution in [0, 0.1) is 0 Å². The molecular weight excluding hydrogens is 368 g/mol. The SMILES string of the molecule is O=C(Nc1ccc(OC(=O)c2cnn(-c3ccccc3)n2)cc1)c1ccccc1. The minimum absolute atomic E-state index is 0.0929. The summed E-state index contributed by atoms with van der Waals surface area (Å²) in [5.74, 6) is -0.497. The molecule has 142 valence electrons. The van der Waals surface area contributed by atoms with E-state index < -0.39 is 5.97 Å². The number of esters is 1. The molecule has 0 saturated heterocycles. The lowest BCUT2D eigenvalue weighted by Crippen LogP contribution is -2.12. The van der Waals surface area contributed by atoms with Crippen molar-refractivity contribution in [2.45, 2.75) is 0 Å². The Labute approximate surface area is 166 Å². The van der Waals surface area contributed by atoms with E-state index in [4.69, 9.17) is 4.74 Å². The molecule has 7 nitrogen and oxygen atoms in total. The minimum atomic E-state index is -0.617. The van der Waals surface area contributed by atoms with E-state index >= 15 is 0 Å². The van der Waals surface area contributed by atoms with E-state index in [-0.39, 0.29) is 11.6 Å². The van der Waals surface area contributed by atoms with Crippen LogP contribution in [0.1, 0.15) is 20.8 Å². The molecule has 0 bridgehead atoms. The van der Waals surface area contributed by atoms with Crippen LogP contribution in [0.15, 0.2) is 91.1 Å². The fraction of sp³-hybridized carbons (Fsp3) is 0. The normalized spacial score (nSPS) is 10.3. The quantitative estimate of drug-likeness (QED) is 0.418. The summed E-state index contributed by atoms with van der Waals surface area (Å²) in [6.45, 7) is 0. The number of carbonyl (C=O) groups excluding carboxylic acids is 2. The van der Waals surface area contributed by atoms with Crippen LogP contribution in [-0.2, 0) is 0 Å². The number of carbonyl (C=O) groups is 2. The second kappa shape index (κ2) is 8.18. The van der Waals surface area contributed by atoms with E-state index in [1.165, 1.54) is 11.0 Å². The van der Waals surface area contributed by atoms with Crippen LogP contribution in [0.4, 0.5) is 5.69 Å². The highest BCUT2D eigenvalue weighted by Gasteiger charge is 2.14. The van der Waals surface area contributed by atoms with Gasteiger partial charge in [0.25, 0.3) is 5.91 Å². The maximum Gasteiger partial charge on any atom is 0.365 e. The first-order valence-electron chi connectivity index (χ1n) is 8.85. The van der Waals surface area contributed by atoms with Crippen LogP contribution in [0.25, 0.3) is 5.69 Å². The van der Waals surface area contributed by atoms with E-state index in [1.807, 2.05) is 36.4 Å². The molecule has 0 spiro atoms. The van der Waals surface area contributed by atoms with Crippen LogP contribution < -0.4 is 10.1 Å². The first-order chi connectivity index (χ1) is 14.2. The Morgan fingerprint density at radius 2 is 1.48 bits per heavy atom. The van der Waals surface area contributed by atoms with Crippen molar-refractivity contribution < 1.29 is 14.3 Å². The molecule has 0 atom stereocenters. The van der Waals surface area contributed by atoms with E-state index in [2.05, 4.69) is 15.5 Å². The van der Waals surface area contributed by atoms with Gasteiger partial charge in [0.05, 0.1) is 11.9 Å². The Morgan fingerprint density at radius 3 is 2.17 bits per heavy atom. The van der Waals surface area contributed by atoms with Crippen molar-refractivity contribution in [1.82, 2.24) is 15.0 Å². The molecule has 0 radical (unpaired) electrons. The van der Waals surface area contributed by atoms with Crippen LogP contribution in [0.5, 0.6) is 5.75 Å². The van der Waals surface area contributed by atoms with Gasteiger partial charge >= 0.3 is 5.97 Å². The molecule has 4 aromatic rings. The first kappa shape index (κ1) is 18.1. The summed E-state index contributed by atoms with van der Waals surface area (Å²) in [6, 6.07) is 24.7. The number of amides is 1. The van der Waals surface area contributed by atoms with Gasteiger partial charge in [-0.25, -0.2) is 4.79 Å². The van der Waals surface area contributed by atoms with Crippen LogP contribution >= 0.6 is 0 Å². The predicted molar refractivity (Wildman–Crippen MR) is 107 cm³/mol.